The van der Waals surface area contributed by atoms with E-state index in [1.807, 2.05) is 44.2 Å². The highest BCUT2D eigenvalue weighted by Gasteiger charge is 2.07. The van der Waals surface area contributed by atoms with Crippen LogP contribution in [0.25, 0.3) is 33.9 Å². The van der Waals surface area contributed by atoms with E-state index < -0.39 is 0 Å². The average Bonchev–Trinajstić information content (AvgIpc) is 2.68. The van der Waals surface area contributed by atoms with E-state index in [0.29, 0.717) is 5.82 Å². The van der Waals surface area contributed by atoms with Crippen molar-refractivity contribution in [1.29, 1.82) is 0 Å². The van der Waals surface area contributed by atoms with Gasteiger partial charge in [-0.05, 0) is 37.1 Å². The SMILES string of the molecule is Cc1nc(C)nc(-c2cccc(-c3ccc(-c4ncccn4)cc3)c2)n1. The molecule has 0 aliphatic heterocycles. The molecule has 0 radical (unpaired) electrons. The first kappa shape index (κ1) is 16.0. The molecule has 4 aromatic rings. The third-order valence-electron chi connectivity index (χ3n) is 4.02. The van der Waals surface area contributed by atoms with Crippen molar-refractivity contribution < 1.29 is 0 Å². The fourth-order valence-electron chi connectivity index (χ4n) is 2.84. The quantitative estimate of drug-likeness (QED) is 0.557. The van der Waals surface area contributed by atoms with Crippen LogP contribution in [-0.4, -0.2) is 24.9 Å². The standard InChI is InChI=1S/C21H17N5/c1-14-24-15(2)26-21(25-14)19-6-3-5-18(13-19)16-7-9-17(10-8-16)20-22-11-4-12-23-20/h3-13H,1-2H3. The number of aryl methyl sites for hydroxylation is 2. The predicted octanol–water partition coefficient (Wildman–Crippen LogP) is 4.28. The average molecular weight is 339 g/mol. The highest BCUT2D eigenvalue weighted by molar-refractivity contribution is 5.72. The van der Waals surface area contributed by atoms with E-state index in [9.17, 15) is 0 Å². The van der Waals surface area contributed by atoms with Crippen LogP contribution in [0, 0.1) is 13.8 Å². The molecule has 0 fully saturated rings. The maximum absolute atomic E-state index is 4.45. The van der Waals surface area contributed by atoms with Crippen molar-refractivity contribution in [3.63, 3.8) is 0 Å². The van der Waals surface area contributed by atoms with Crippen LogP contribution in [0.5, 0.6) is 0 Å². The van der Waals surface area contributed by atoms with E-state index in [0.717, 1.165) is 39.7 Å². The van der Waals surface area contributed by atoms with Gasteiger partial charge in [0.05, 0.1) is 0 Å². The van der Waals surface area contributed by atoms with Crippen molar-refractivity contribution >= 4 is 0 Å². The summed E-state index contributed by atoms with van der Waals surface area (Å²) in [5, 5.41) is 0. The van der Waals surface area contributed by atoms with E-state index in [2.05, 4.69) is 49.2 Å². The Morgan fingerprint density at radius 1 is 0.538 bits per heavy atom. The van der Waals surface area contributed by atoms with Gasteiger partial charge in [0, 0.05) is 23.5 Å². The van der Waals surface area contributed by atoms with E-state index in [-0.39, 0.29) is 0 Å². The van der Waals surface area contributed by atoms with Gasteiger partial charge >= 0.3 is 0 Å². The van der Waals surface area contributed by atoms with Crippen molar-refractivity contribution in [3.8, 4) is 33.9 Å². The second-order valence-electron chi connectivity index (χ2n) is 5.98. The molecule has 126 valence electrons. The number of rotatable bonds is 3. The minimum absolute atomic E-state index is 0.700. The Morgan fingerprint density at radius 2 is 1.15 bits per heavy atom. The Kier molecular flexibility index (Phi) is 4.19. The van der Waals surface area contributed by atoms with Crippen molar-refractivity contribution in [2.45, 2.75) is 13.8 Å². The van der Waals surface area contributed by atoms with Crippen molar-refractivity contribution in [2.75, 3.05) is 0 Å². The predicted molar refractivity (Wildman–Crippen MR) is 101 cm³/mol. The Morgan fingerprint density at radius 3 is 1.85 bits per heavy atom. The van der Waals surface area contributed by atoms with Crippen LogP contribution in [0.4, 0.5) is 0 Å². The first-order valence-corrected chi connectivity index (χ1v) is 8.36. The van der Waals surface area contributed by atoms with Gasteiger partial charge in [-0.2, -0.15) is 0 Å². The lowest BCUT2D eigenvalue weighted by Gasteiger charge is -2.07. The smallest absolute Gasteiger partial charge is 0.163 e. The van der Waals surface area contributed by atoms with Crippen molar-refractivity contribution in [3.05, 3.63) is 78.6 Å². The third-order valence-corrected chi connectivity index (χ3v) is 4.02. The summed E-state index contributed by atoms with van der Waals surface area (Å²) in [5.41, 5.74) is 4.20. The summed E-state index contributed by atoms with van der Waals surface area (Å²) in [4.78, 5) is 21.7. The molecule has 5 heteroatoms. The second kappa shape index (κ2) is 6.80. The molecule has 0 aliphatic rings. The van der Waals surface area contributed by atoms with Crippen LogP contribution in [0.15, 0.2) is 67.0 Å². The topological polar surface area (TPSA) is 64.5 Å². The molecule has 5 nitrogen and oxygen atoms in total. The van der Waals surface area contributed by atoms with E-state index in [4.69, 9.17) is 0 Å². The lowest BCUT2D eigenvalue weighted by atomic mass is 10.0. The maximum Gasteiger partial charge on any atom is 0.163 e. The van der Waals surface area contributed by atoms with Crippen molar-refractivity contribution in [2.24, 2.45) is 0 Å². The lowest BCUT2D eigenvalue weighted by molar-refractivity contribution is 0.928. The molecular weight excluding hydrogens is 322 g/mol. The Labute approximate surface area is 151 Å². The minimum atomic E-state index is 0.700. The van der Waals surface area contributed by atoms with Crippen LogP contribution in [0.3, 0.4) is 0 Å². The molecule has 2 aromatic heterocycles. The van der Waals surface area contributed by atoms with Crippen LogP contribution in [0.1, 0.15) is 11.6 Å². The first-order valence-electron chi connectivity index (χ1n) is 8.36. The number of benzene rings is 2. The second-order valence-corrected chi connectivity index (χ2v) is 5.98. The van der Waals surface area contributed by atoms with Gasteiger partial charge in [-0.3, -0.25) is 0 Å². The summed E-state index contributed by atoms with van der Waals surface area (Å²) in [5.74, 6) is 2.88. The van der Waals surface area contributed by atoms with Gasteiger partial charge in [0.1, 0.15) is 11.6 Å². The number of hydrogen-bond donors (Lipinski definition) is 0. The highest BCUT2D eigenvalue weighted by Crippen LogP contribution is 2.26. The molecular formula is C21H17N5. The van der Waals surface area contributed by atoms with E-state index >= 15 is 0 Å². The van der Waals surface area contributed by atoms with Crippen LogP contribution >= 0.6 is 0 Å². The van der Waals surface area contributed by atoms with Crippen LogP contribution < -0.4 is 0 Å². The Bertz CT molecular complexity index is 1020. The lowest BCUT2D eigenvalue weighted by Crippen LogP contribution is -1.98. The van der Waals surface area contributed by atoms with E-state index in [1.54, 1.807) is 12.4 Å². The van der Waals surface area contributed by atoms with Gasteiger partial charge < -0.3 is 0 Å². The molecule has 0 unspecified atom stereocenters. The molecule has 0 N–H and O–H groups in total. The molecule has 0 spiro atoms. The molecule has 0 saturated heterocycles. The molecule has 0 amide bonds. The monoisotopic (exact) mass is 339 g/mol. The molecule has 0 atom stereocenters. The molecule has 0 aliphatic carbocycles. The minimum Gasteiger partial charge on any atom is -0.237 e. The van der Waals surface area contributed by atoms with Gasteiger partial charge in [-0.15, -0.1) is 0 Å². The Balaban J connectivity index is 1.68. The van der Waals surface area contributed by atoms with Gasteiger partial charge in [0.25, 0.3) is 0 Å². The van der Waals surface area contributed by atoms with Gasteiger partial charge in [0.2, 0.25) is 0 Å². The fraction of sp³-hybridized carbons (Fsp3) is 0.0952. The van der Waals surface area contributed by atoms with Gasteiger partial charge in [-0.25, -0.2) is 24.9 Å². The summed E-state index contributed by atoms with van der Waals surface area (Å²) in [7, 11) is 0. The summed E-state index contributed by atoms with van der Waals surface area (Å²) >= 11 is 0. The molecule has 2 aromatic carbocycles. The van der Waals surface area contributed by atoms with Crippen LogP contribution in [-0.2, 0) is 0 Å². The number of aromatic nitrogens is 5. The zero-order valence-electron chi connectivity index (χ0n) is 14.6. The number of hydrogen-bond acceptors (Lipinski definition) is 5. The molecule has 2 heterocycles. The zero-order valence-corrected chi connectivity index (χ0v) is 14.6. The zero-order chi connectivity index (χ0) is 17.9. The number of nitrogens with zero attached hydrogens (tertiary/aromatic N) is 5. The fourth-order valence-corrected chi connectivity index (χ4v) is 2.84. The summed E-state index contributed by atoms with van der Waals surface area (Å²) in [6.07, 6.45) is 3.50. The largest absolute Gasteiger partial charge is 0.237 e. The van der Waals surface area contributed by atoms with Gasteiger partial charge in [-0.1, -0.05) is 42.5 Å². The summed E-state index contributed by atoms with van der Waals surface area (Å²) in [6, 6.07) is 18.3. The third kappa shape index (κ3) is 3.32. The van der Waals surface area contributed by atoms with E-state index in [1.165, 1.54) is 0 Å². The normalized spacial score (nSPS) is 10.7. The van der Waals surface area contributed by atoms with Crippen molar-refractivity contribution in [1.82, 2.24) is 24.9 Å². The molecule has 4 rings (SSSR count). The van der Waals surface area contributed by atoms with Crippen LogP contribution in [0.2, 0.25) is 0 Å². The molecule has 0 bridgehead atoms. The first-order chi connectivity index (χ1) is 12.7. The Hall–Kier alpha value is -3.47. The molecule has 26 heavy (non-hydrogen) atoms. The summed E-state index contributed by atoms with van der Waals surface area (Å²) < 4.78 is 0. The van der Waals surface area contributed by atoms with Gasteiger partial charge in [0.15, 0.2) is 11.6 Å². The molecule has 0 saturated carbocycles. The maximum atomic E-state index is 4.45. The highest BCUT2D eigenvalue weighted by atomic mass is 15.0. The summed E-state index contributed by atoms with van der Waals surface area (Å²) in [6.45, 7) is 3.76.